The Morgan fingerprint density at radius 1 is 1.44 bits per heavy atom. The van der Waals surface area contributed by atoms with E-state index in [1.54, 1.807) is 0 Å². The summed E-state index contributed by atoms with van der Waals surface area (Å²) in [7, 11) is -5.25. The molecule has 1 heterocycles. The van der Waals surface area contributed by atoms with Gasteiger partial charge in [-0.1, -0.05) is 13.8 Å². The summed E-state index contributed by atoms with van der Waals surface area (Å²) in [5.74, 6) is 0. The first-order chi connectivity index (χ1) is 8.14. The van der Waals surface area contributed by atoms with E-state index in [0.717, 1.165) is 0 Å². The number of hydrogen-bond acceptors (Lipinski definition) is 4. The maximum absolute atomic E-state index is 12.4. The van der Waals surface area contributed by atoms with Gasteiger partial charge in [0.25, 0.3) is 0 Å². The molecule has 0 aliphatic carbocycles. The molecule has 18 heavy (non-hydrogen) atoms. The third-order valence-corrected chi connectivity index (χ3v) is 4.08. The summed E-state index contributed by atoms with van der Waals surface area (Å²) in [5, 5.41) is 3.00. The fraction of sp³-hybridized carbons (Fsp3) is 1.00. The first-order valence-corrected chi connectivity index (χ1v) is 7.00. The number of hydrogen-bond donors (Lipinski definition) is 1. The van der Waals surface area contributed by atoms with E-state index in [1.165, 1.54) is 0 Å². The van der Waals surface area contributed by atoms with Gasteiger partial charge in [0.1, 0.15) is 0 Å². The monoisotopic (exact) mass is 290 g/mol. The number of ether oxygens (including phenoxy) is 1. The van der Waals surface area contributed by atoms with Gasteiger partial charge in [-0.05, 0) is 0 Å². The van der Waals surface area contributed by atoms with Crippen molar-refractivity contribution in [2.24, 2.45) is 0 Å². The standard InChI is InChI=1S/C9H17F3N2O3S/c1-7(2)13-5-8-6-14(3-4-17-8)18(15,16)9(10,11)12/h7-8,13H,3-6H2,1-2H3/t8-/m1/s1. The Balaban J connectivity index is 2.64. The van der Waals surface area contributed by atoms with Crippen LogP contribution in [-0.4, -0.2) is 56.6 Å². The second-order valence-electron chi connectivity index (χ2n) is 4.36. The minimum absolute atomic E-state index is 0.0280. The molecule has 108 valence electrons. The van der Waals surface area contributed by atoms with Crippen molar-refractivity contribution in [2.45, 2.75) is 31.5 Å². The van der Waals surface area contributed by atoms with Gasteiger partial charge in [0.05, 0.1) is 12.7 Å². The van der Waals surface area contributed by atoms with Gasteiger partial charge in [-0.25, -0.2) is 8.42 Å². The first kappa shape index (κ1) is 15.7. The highest BCUT2D eigenvalue weighted by atomic mass is 32.2. The predicted octanol–water partition coefficient (Wildman–Crippen LogP) is 0.535. The van der Waals surface area contributed by atoms with Crippen LogP contribution in [0.25, 0.3) is 0 Å². The van der Waals surface area contributed by atoms with Crippen LogP contribution in [0, 0.1) is 0 Å². The zero-order valence-electron chi connectivity index (χ0n) is 10.2. The fourth-order valence-electron chi connectivity index (χ4n) is 1.55. The summed E-state index contributed by atoms with van der Waals surface area (Å²) >= 11 is 0. The molecule has 1 aliphatic rings. The SMILES string of the molecule is CC(C)NC[C@@H]1CN(S(=O)(=O)C(F)(F)F)CCO1. The summed E-state index contributed by atoms with van der Waals surface area (Å²) in [6, 6.07) is 0.156. The maximum atomic E-state index is 12.4. The van der Waals surface area contributed by atoms with E-state index in [9.17, 15) is 21.6 Å². The van der Waals surface area contributed by atoms with Crippen molar-refractivity contribution in [1.29, 1.82) is 0 Å². The van der Waals surface area contributed by atoms with Crippen LogP contribution >= 0.6 is 0 Å². The van der Waals surface area contributed by atoms with E-state index in [-0.39, 0.29) is 25.7 Å². The molecule has 1 aliphatic heterocycles. The molecular formula is C9H17F3N2O3S. The van der Waals surface area contributed by atoms with Crippen LogP contribution in [0.4, 0.5) is 13.2 Å². The van der Waals surface area contributed by atoms with Crippen LogP contribution < -0.4 is 5.32 Å². The number of sulfonamides is 1. The Hall–Kier alpha value is -0.380. The van der Waals surface area contributed by atoms with E-state index in [0.29, 0.717) is 10.8 Å². The average Bonchev–Trinajstić information content (AvgIpc) is 2.25. The second-order valence-corrected chi connectivity index (χ2v) is 6.29. The van der Waals surface area contributed by atoms with Crippen LogP contribution in [0.5, 0.6) is 0 Å². The van der Waals surface area contributed by atoms with Gasteiger partial charge < -0.3 is 10.1 Å². The minimum Gasteiger partial charge on any atom is -0.374 e. The molecule has 5 nitrogen and oxygen atoms in total. The number of rotatable bonds is 4. The summed E-state index contributed by atoms with van der Waals surface area (Å²) < 4.78 is 65.2. The summed E-state index contributed by atoms with van der Waals surface area (Å²) in [6.07, 6.45) is -0.557. The first-order valence-electron chi connectivity index (χ1n) is 5.56. The van der Waals surface area contributed by atoms with Crippen LogP contribution in [0.1, 0.15) is 13.8 Å². The van der Waals surface area contributed by atoms with Gasteiger partial charge in [-0.2, -0.15) is 17.5 Å². The van der Waals surface area contributed by atoms with E-state index in [1.807, 2.05) is 13.8 Å². The number of halogens is 3. The maximum Gasteiger partial charge on any atom is 0.511 e. The number of nitrogens with zero attached hydrogens (tertiary/aromatic N) is 1. The smallest absolute Gasteiger partial charge is 0.374 e. The lowest BCUT2D eigenvalue weighted by molar-refractivity contribution is -0.0569. The highest BCUT2D eigenvalue weighted by Gasteiger charge is 2.50. The summed E-state index contributed by atoms with van der Waals surface area (Å²) in [6.45, 7) is 3.52. The number of alkyl halides is 3. The highest BCUT2D eigenvalue weighted by Crippen LogP contribution is 2.27. The Kier molecular flexibility index (Phi) is 4.98. The number of morpholine rings is 1. The Labute approximate surface area is 104 Å². The normalized spacial score (nSPS) is 23.6. The third-order valence-electron chi connectivity index (χ3n) is 2.49. The van der Waals surface area contributed by atoms with Crippen molar-refractivity contribution in [2.75, 3.05) is 26.2 Å². The second kappa shape index (κ2) is 5.72. The van der Waals surface area contributed by atoms with Gasteiger partial charge in [0, 0.05) is 25.7 Å². The van der Waals surface area contributed by atoms with E-state index in [4.69, 9.17) is 4.74 Å². The molecular weight excluding hydrogens is 273 g/mol. The molecule has 0 saturated carbocycles. The molecule has 0 aromatic heterocycles. The van der Waals surface area contributed by atoms with Crippen molar-refractivity contribution in [3.63, 3.8) is 0 Å². The largest absolute Gasteiger partial charge is 0.511 e. The van der Waals surface area contributed by atoms with E-state index in [2.05, 4.69) is 5.32 Å². The molecule has 1 saturated heterocycles. The van der Waals surface area contributed by atoms with Crippen molar-refractivity contribution in [3.8, 4) is 0 Å². The molecule has 0 spiro atoms. The molecule has 1 N–H and O–H groups in total. The molecule has 0 aromatic carbocycles. The van der Waals surface area contributed by atoms with Gasteiger partial charge in [0.15, 0.2) is 0 Å². The molecule has 0 bridgehead atoms. The van der Waals surface area contributed by atoms with Crippen LogP contribution in [0.2, 0.25) is 0 Å². The van der Waals surface area contributed by atoms with Gasteiger partial charge >= 0.3 is 15.5 Å². The van der Waals surface area contributed by atoms with E-state index < -0.39 is 21.6 Å². The third kappa shape index (κ3) is 3.81. The molecule has 0 aromatic rings. The Morgan fingerprint density at radius 3 is 2.56 bits per heavy atom. The summed E-state index contributed by atoms with van der Waals surface area (Å²) in [4.78, 5) is 0. The summed E-state index contributed by atoms with van der Waals surface area (Å²) in [5.41, 5.74) is -5.25. The van der Waals surface area contributed by atoms with Crippen molar-refractivity contribution in [1.82, 2.24) is 9.62 Å². The lowest BCUT2D eigenvalue weighted by atomic mass is 10.3. The minimum atomic E-state index is -5.25. The predicted molar refractivity (Wildman–Crippen MR) is 59.4 cm³/mol. The van der Waals surface area contributed by atoms with Gasteiger partial charge in [-0.3, -0.25) is 0 Å². The van der Waals surface area contributed by atoms with Gasteiger partial charge in [-0.15, -0.1) is 0 Å². The molecule has 1 atom stereocenters. The molecule has 1 fully saturated rings. The van der Waals surface area contributed by atoms with Crippen LogP contribution in [-0.2, 0) is 14.8 Å². The lowest BCUT2D eigenvalue weighted by Gasteiger charge is -2.32. The quantitative estimate of drug-likeness (QED) is 0.821. The van der Waals surface area contributed by atoms with Crippen LogP contribution in [0.3, 0.4) is 0 Å². The molecule has 0 unspecified atom stereocenters. The Bertz CT molecular complexity index is 370. The Morgan fingerprint density at radius 2 is 2.06 bits per heavy atom. The molecule has 0 radical (unpaired) electrons. The number of nitrogens with one attached hydrogen (secondary N) is 1. The molecule has 0 amide bonds. The molecule has 9 heteroatoms. The van der Waals surface area contributed by atoms with E-state index >= 15 is 0 Å². The van der Waals surface area contributed by atoms with Crippen molar-refractivity contribution in [3.05, 3.63) is 0 Å². The topological polar surface area (TPSA) is 58.6 Å². The average molecular weight is 290 g/mol. The molecule has 1 rings (SSSR count). The van der Waals surface area contributed by atoms with Crippen molar-refractivity contribution < 1.29 is 26.3 Å². The fourth-order valence-corrected chi connectivity index (χ4v) is 2.52. The zero-order chi connectivity index (χ0) is 14.0. The van der Waals surface area contributed by atoms with Crippen molar-refractivity contribution >= 4 is 10.0 Å². The highest BCUT2D eigenvalue weighted by molar-refractivity contribution is 7.90. The zero-order valence-corrected chi connectivity index (χ0v) is 11.0. The van der Waals surface area contributed by atoms with Gasteiger partial charge in [0.2, 0.25) is 0 Å². The van der Waals surface area contributed by atoms with Crippen LogP contribution in [0.15, 0.2) is 0 Å². The lowest BCUT2D eigenvalue weighted by Crippen LogP contribution is -2.52.